The van der Waals surface area contributed by atoms with Crippen LogP contribution in [0.5, 0.6) is 0 Å². The molecule has 3 aromatic carbocycles. The quantitative estimate of drug-likeness (QED) is 0.0344. The monoisotopic (exact) mass is 1740 g/mol. The Kier molecular flexibility index (Phi) is 32.1. The standard InChI is InChI=1S/C31H39BrN2O4.C30H37BrN2O4.C29H35BrN2O4.Na.H2O/c1-10-38-29(37)31(7,8)18-23-25(27(35)30(4,5)6)24-17-20(19(2)3)15-16-34(24)26(23)28(36)33(9)22-13-11-21(32)12-14-22;1-9-37-28(36)30(7,8)17-22-24(26(34)29(4,5)6)23-16-19(18(2)3)14-15-33(23)25(22)27(35)32-21-12-10-20(31)11-13-21;1-17(2)18-13-14-32-22(15-18)23(25(33)28(3,4)5)21(16-29(6,7)27(35)36)24(32)26(34)31(8)20-11-9-19(30)10-12-20;;/h11-17,19H,10,18H2,1-9H3;10-16,18H,9,17H2,1-8H3,(H,32,35);9-15,17H,16H2,1-8H3,(H,35,36);;1H2/q;;;+1;/p-1. The van der Waals surface area contributed by atoms with Crippen LogP contribution in [0.4, 0.5) is 17.1 Å². The van der Waals surface area contributed by atoms with Crippen LogP contribution in [-0.2, 0) is 43.1 Å². The molecule has 3 N–H and O–H groups in total. The molecule has 6 aromatic heterocycles. The molecule has 0 atom stereocenters. The van der Waals surface area contributed by atoms with Gasteiger partial charge in [0.1, 0.15) is 17.1 Å². The number of anilines is 3. The van der Waals surface area contributed by atoms with E-state index >= 15 is 0 Å². The molecule has 3 amide bonds. The number of ketones is 3. The molecule has 0 unspecified atom stereocenters. The molecule has 6 heterocycles. The summed E-state index contributed by atoms with van der Waals surface area (Å²) in [6.07, 6.45) is 5.92. The van der Waals surface area contributed by atoms with Crippen molar-refractivity contribution >= 4 is 134 Å². The average molecular weight is 1750 g/mol. The fraction of sp³-hybridized carbons (Fsp3) is 0.433. The molecule has 0 fully saturated rings. The van der Waals surface area contributed by atoms with Gasteiger partial charge in [0.25, 0.3) is 17.7 Å². The van der Waals surface area contributed by atoms with E-state index in [0.717, 1.165) is 30.1 Å². The van der Waals surface area contributed by atoms with Gasteiger partial charge in [0, 0.05) is 96.1 Å². The van der Waals surface area contributed by atoms with Gasteiger partial charge in [-0.3, -0.25) is 43.2 Å². The Morgan fingerprint density at radius 2 is 0.690 bits per heavy atom. The molecule has 113 heavy (non-hydrogen) atoms. The van der Waals surface area contributed by atoms with E-state index in [4.69, 9.17) is 9.47 Å². The number of carbonyl (C=O) groups is 9. The van der Waals surface area contributed by atoms with E-state index in [1.807, 2.05) is 182 Å². The number of hydrogen-bond donors (Lipinski definition) is 2. The third-order valence-corrected chi connectivity index (χ3v) is 21.4. The number of benzene rings is 3. The van der Waals surface area contributed by atoms with E-state index in [9.17, 15) is 48.3 Å². The minimum absolute atomic E-state index is 0. The van der Waals surface area contributed by atoms with Crippen LogP contribution in [-0.4, -0.2) is 104 Å². The Morgan fingerprint density at radius 1 is 0.425 bits per heavy atom. The minimum atomic E-state index is -1.19. The van der Waals surface area contributed by atoms with Gasteiger partial charge >= 0.3 is 47.5 Å². The second-order valence-electron chi connectivity index (χ2n) is 34.5. The number of amides is 3. The van der Waals surface area contributed by atoms with Crippen LogP contribution in [0.25, 0.3) is 16.6 Å². The SMILES string of the molecule is CC(C)c1ccn2c(C(=O)N(C)c3ccc(Br)cc3)c(CC(C)(C)C(=O)O)c(C(=O)C(C)(C)C)c2c1.CCOC(=O)C(C)(C)Cc1c(C(=O)C(C)(C)C)c2cc(C(C)C)ccn2c1C(=O)N(C)c1ccc(Br)cc1.CCOC(=O)C(C)(C)Cc1c(C(=O)C(C)(C)C)c2cc(C(C)C)ccn2c1C(=O)Nc1ccc(Br)cc1.[Na+].[OH-]. The second-order valence-corrected chi connectivity index (χ2v) is 37.3. The molecular weight excluding hydrogens is 1640 g/mol. The Morgan fingerprint density at radius 3 is 0.956 bits per heavy atom. The number of carboxylic acid groups (broad SMARTS) is 1. The van der Waals surface area contributed by atoms with Gasteiger partial charge in [-0.05, 0) is 235 Å². The number of nitrogens with zero attached hydrogens (tertiary/aromatic N) is 5. The van der Waals surface area contributed by atoms with Crippen molar-refractivity contribution < 1.29 is 92.8 Å². The molecule has 602 valence electrons. The predicted molar refractivity (Wildman–Crippen MR) is 457 cm³/mol. The van der Waals surface area contributed by atoms with Crippen molar-refractivity contribution in [3.63, 3.8) is 0 Å². The van der Waals surface area contributed by atoms with Gasteiger partial charge in [0.05, 0.1) is 46.0 Å². The first-order valence-electron chi connectivity index (χ1n) is 37.7. The van der Waals surface area contributed by atoms with E-state index in [1.165, 1.54) is 4.90 Å². The third kappa shape index (κ3) is 22.0. The molecule has 19 nitrogen and oxygen atoms in total. The van der Waals surface area contributed by atoms with Gasteiger partial charge in [-0.15, -0.1) is 0 Å². The van der Waals surface area contributed by atoms with Crippen LogP contribution in [0.3, 0.4) is 0 Å². The van der Waals surface area contributed by atoms with Gasteiger partial charge in [-0.25, -0.2) is 0 Å². The summed E-state index contributed by atoms with van der Waals surface area (Å²) in [6.45, 7) is 43.7. The number of esters is 2. The van der Waals surface area contributed by atoms with Crippen LogP contribution in [0.2, 0.25) is 0 Å². The maximum atomic E-state index is 14.2. The normalized spacial score (nSPS) is 12.0. The number of carbonyl (C=O) groups excluding carboxylic acids is 8. The summed E-state index contributed by atoms with van der Waals surface area (Å²) < 4.78 is 18.8. The first kappa shape index (κ1) is 95.8. The van der Waals surface area contributed by atoms with E-state index in [-0.39, 0.29) is 132 Å². The second kappa shape index (κ2) is 37.8. The minimum Gasteiger partial charge on any atom is -0.870 e. The number of nitrogens with one attached hydrogen (secondary N) is 1. The molecule has 9 aromatic rings. The van der Waals surface area contributed by atoms with Gasteiger partial charge in [0.2, 0.25) is 0 Å². The Bertz CT molecular complexity index is 5020. The van der Waals surface area contributed by atoms with Crippen molar-refractivity contribution in [3.8, 4) is 0 Å². The Hall–Kier alpha value is -7.83. The molecular formula is C90H112Br3N6NaO13. The number of hydrogen-bond acceptors (Lipinski definition) is 12. The molecule has 0 saturated heterocycles. The number of rotatable bonds is 23. The zero-order chi connectivity index (χ0) is 83.4. The zero-order valence-electron chi connectivity index (χ0n) is 70.6. The number of pyridine rings is 3. The molecule has 23 heteroatoms. The van der Waals surface area contributed by atoms with E-state index in [1.54, 1.807) is 95.3 Å². The number of halogens is 3. The first-order chi connectivity index (χ1) is 51.3. The largest absolute Gasteiger partial charge is 1.00 e. The van der Waals surface area contributed by atoms with E-state index in [2.05, 4.69) is 94.6 Å². The number of carboxylic acids is 1. The number of fused-ring (bicyclic) bond motifs is 3. The van der Waals surface area contributed by atoms with Crippen molar-refractivity contribution in [2.45, 2.75) is 196 Å². The van der Waals surface area contributed by atoms with Crippen LogP contribution < -0.4 is 44.7 Å². The summed E-state index contributed by atoms with van der Waals surface area (Å²) in [7, 11) is 3.41. The molecule has 0 aliphatic rings. The molecule has 0 bridgehead atoms. The molecule has 0 radical (unpaired) electrons. The summed E-state index contributed by atoms with van der Waals surface area (Å²) in [5, 5.41) is 12.9. The molecule has 9 rings (SSSR count). The summed E-state index contributed by atoms with van der Waals surface area (Å²) in [6, 6.07) is 34.0. The van der Waals surface area contributed by atoms with Crippen LogP contribution in [0.15, 0.2) is 141 Å². The van der Waals surface area contributed by atoms with Gasteiger partial charge < -0.3 is 48.4 Å². The summed E-state index contributed by atoms with van der Waals surface area (Å²) in [5.41, 5.74) is 5.95. The Balaban J connectivity index is 0.000000300. The summed E-state index contributed by atoms with van der Waals surface area (Å²) in [5.74, 6) is -2.25. The van der Waals surface area contributed by atoms with Crippen LogP contribution in [0, 0.1) is 32.5 Å². The number of aromatic nitrogens is 3. The van der Waals surface area contributed by atoms with Crippen LogP contribution in [0.1, 0.15) is 273 Å². The summed E-state index contributed by atoms with van der Waals surface area (Å²) >= 11 is 10.3. The fourth-order valence-corrected chi connectivity index (χ4v) is 13.8. The van der Waals surface area contributed by atoms with Crippen molar-refractivity contribution in [1.82, 2.24) is 13.2 Å². The predicted octanol–water partition coefficient (Wildman–Crippen LogP) is 18.7. The van der Waals surface area contributed by atoms with Gasteiger partial charge in [-0.1, -0.05) is 152 Å². The van der Waals surface area contributed by atoms with Gasteiger partial charge in [0.15, 0.2) is 17.3 Å². The smallest absolute Gasteiger partial charge is 0.870 e. The van der Waals surface area contributed by atoms with Gasteiger partial charge in [-0.2, -0.15) is 0 Å². The van der Waals surface area contributed by atoms with Crippen molar-refractivity contribution in [2.24, 2.45) is 32.5 Å². The molecule has 0 spiro atoms. The summed E-state index contributed by atoms with van der Waals surface area (Å²) in [4.78, 5) is 125. The van der Waals surface area contributed by atoms with Crippen LogP contribution >= 0.6 is 47.8 Å². The van der Waals surface area contributed by atoms with Crippen molar-refractivity contribution in [3.05, 3.63) is 208 Å². The fourth-order valence-electron chi connectivity index (χ4n) is 13.0. The zero-order valence-corrected chi connectivity index (χ0v) is 77.4. The first-order valence-corrected chi connectivity index (χ1v) is 40.1. The van der Waals surface area contributed by atoms with Crippen molar-refractivity contribution in [2.75, 3.05) is 42.4 Å². The third-order valence-electron chi connectivity index (χ3n) is 19.8. The maximum absolute atomic E-state index is 14.2. The Labute approximate surface area is 714 Å². The molecule has 0 aliphatic heterocycles. The average Bonchev–Trinajstić information content (AvgIpc) is 1.60. The van der Waals surface area contributed by atoms with E-state index < -0.39 is 38.5 Å². The van der Waals surface area contributed by atoms with E-state index in [0.29, 0.717) is 84.1 Å². The number of ether oxygens (including phenoxy) is 2. The molecule has 0 aliphatic carbocycles. The topological polar surface area (TPSA) is 254 Å². The number of aliphatic carboxylic acids is 1. The number of Topliss-reactive ketones (excluding diaryl/α,β-unsaturated/α-hetero) is 3. The van der Waals surface area contributed by atoms with Crippen molar-refractivity contribution in [1.29, 1.82) is 0 Å². The molecule has 0 saturated carbocycles. The maximum Gasteiger partial charge on any atom is 1.00 e.